The van der Waals surface area contributed by atoms with Gasteiger partial charge in [0.2, 0.25) is 0 Å². The Balaban J connectivity index is 2.13. The quantitative estimate of drug-likeness (QED) is 0.836. The maximum Gasteiger partial charge on any atom is 0.0205 e. The van der Waals surface area contributed by atoms with Crippen LogP contribution in [-0.4, -0.2) is 7.05 Å². The van der Waals surface area contributed by atoms with Crippen LogP contribution in [0.1, 0.15) is 37.5 Å². The lowest BCUT2D eigenvalue weighted by Gasteiger charge is -2.19. The topological polar surface area (TPSA) is 12.0 Å². The second-order valence-corrected chi connectivity index (χ2v) is 7.64. The second-order valence-electron chi connectivity index (χ2n) is 6.50. The number of hydrogen-bond acceptors (Lipinski definition) is 2. The molecule has 0 aromatic heterocycles. The number of hydrogen-bond donors (Lipinski definition) is 1. The molecule has 2 aromatic rings. The first kappa shape index (κ1) is 16.1. The van der Waals surface area contributed by atoms with E-state index in [1.165, 1.54) is 26.5 Å². The summed E-state index contributed by atoms with van der Waals surface area (Å²) >= 11 is 1.83. The van der Waals surface area contributed by atoms with Gasteiger partial charge < -0.3 is 5.32 Å². The van der Waals surface area contributed by atoms with E-state index in [0.717, 1.165) is 6.54 Å². The molecular weight excluding hydrogens is 274 g/mol. The summed E-state index contributed by atoms with van der Waals surface area (Å²) in [5.41, 5.74) is 4.31. The van der Waals surface area contributed by atoms with Gasteiger partial charge in [0.05, 0.1) is 0 Å². The first-order valence-electron chi connectivity index (χ1n) is 7.42. The first-order chi connectivity index (χ1) is 9.90. The summed E-state index contributed by atoms with van der Waals surface area (Å²) in [6, 6.07) is 15.6. The van der Waals surface area contributed by atoms with Crippen LogP contribution in [0.15, 0.2) is 52.3 Å². The zero-order valence-electron chi connectivity index (χ0n) is 13.7. The molecule has 0 atom stereocenters. The molecule has 2 heteroatoms. The second kappa shape index (κ2) is 6.67. The highest BCUT2D eigenvalue weighted by Gasteiger charge is 2.13. The van der Waals surface area contributed by atoms with Crippen LogP contribution in [0.5, 0.6) is 0 Å². The van der Waals surface area contributed by atoms with Crippen molar-refractivity contribution in [1.82, 2.24) is 5.32 Å². The van der Waals surface area contributed by atoms with Crippen LogP contribution in [0, 0.1) is 6.92 Å². The van der Waals surface area contributed by atoms with Crippen molar-refractivity contribution in [3.63, 3.8) is 0 Å². The smallest absolute Gasteiger partial charge is 0.0205 e. The molecule has 0 spiro atoms. The van der Waals surface area contributed by atoms with Gasteiger partial charge >= 0.3 is 0 Å². The number of rotatable bonds is 4. The molecule has 2 rings (SSSR count). The normalized spacial score (nSPS) is 11.7. The van der Waals surface area contributed by atoms with E-state index in [1.807, 2.05) is 18.8 Å². The van der Waals surface area contributed by atoms with Crippen LogP contribution < -0.4 is 5.32 Å². The van der Waals surface area contributed by atoms with Crippen molar-refractivity contribution >= 4 is 11.8 Å². The molecule has 21 heavy (non-hydrogen) atoms. The first-order valence-corrected chi connectivity index (χ1v) is 8.24. The van der Waals surface area contributed by atoms with Crippen LogP contribution in [0.3, 0.4) is 0 Å². The summed E-state index contributed by atoms with van der Waals surface area (Å²) in [5.74, 6) is 0. The minimum absolute atomic E-state index is 0.217. The Morgan fingerprint density at radius 1 is 0.952 bits per heavy atom. The number of aryl methyl sites for hydroxylation is 1. The van der Waals surface area contributed by atoms with Gasteiger partial charge in [0.25, 0.3) is 0 Å². The third-order valence-electron chi connectivity index (χ3n) is 3.64. The highest BCUT2D eigenvalue weighted by molar-refractivity contribution is 7.99. The molecule has 0 aliphatic heterocycles. The molecule has 0 saturated heterocycles. The van der Waals surface area contributed by atoms with E-state index in [4.69, 9.17) is 0 Å². The summed E-state index contributed by atoms with van der Waals surface area (Å²) in [6.07, 6.45) is 0. The predicted octanol–water partition coefficient (Wildman–Crippen LogP) is 5.16. The highest BCUT2D eigenvalue weighted by atomic mass is 32.2. The lowest BCUT2D eigenvalue weighted by Crippen LogP contribution is -2.10. The van der Waals surface area contributed by atoms with Gasteiger partial charge in [-0.2, -0.15) is 0 Å². The molecular formula is C19H25NS. The molecule has 1 nitrogen and oxygen atoms in total. The van der Waals surface area contributed by atoms with Gasteiger partial charge in [0, 0.05) is 16.3 Å². The summed E-state index contributed by atoms with van der Waals surface area (Å²) in [5, 5.41) is 3.21. The van der Waals surface area contributed by atoms with Crippen molar-refractivity contribution in [2.75, 3.05) is 7.05 Å². The molecule has 0 amide bonds. The van der Waals surface area contributed by atoms with Gasteiger partial charge in [0.1, 0.15) is 0 Å². The van der Waals surface area contributed by atoms with Gasteiger partial charge in [-0.25, -0.2) is 0 Å². The maximum absolute atomic E-state index is 3.21. The van der Waals surface area contributed by atoms with Gasteiger partial charge in [0.15, 0.2) is 0 Å². The van der Waals surface area contributed by atoms with Gasteiger partial charge in [-0.15, -0.1) is 0 Å². The van der Waals surface area contributed by atoms with Gasteiger partial charge in [-0.05, 0) is 60.3 Å². The van der Waals surface area contributed by atoms with E-state index in [1.54, 1.807) is 0 Å². The summed E-state index contributed by atoms with van der Waals surface area (Å²) in [6.45, 7) is 9.85. The number of benzene rings is 2. The molecule has 0 aliphatic rings. The molecule has 2 aromatic carbocycles. The molecule has 112 valence electrons. The largest absolute Gasteiger partial charge is 0.316 e. The van der Waals surface area contributed by atoms with Gasteiger partial charge in [-0.1, -0.05) is 50.7 Å². The van der Waals surface area contributed by atoms with E-state index < -0.39 is 0 Å². The lowest BCUT2D eigenvalue weighted by atomic mass is 9.87. The fourth-order valence-electron chi connectivity index (χ4n) is 2.28. The standard InChI is InChI=1S/C19H25NS/c1-14-12-18(9-6-15(14)13-20-5)21-17-10-7-16(8-11-17)19(2,3)4/h6-12,20H,13H2,1-5H3. The van der Waals surface area contributed by atoms with Crippen molar-refractivity contribution in [2.24, 2.45) is 0 Å². The Kier molecular flexibility index (Phi) is 5.13. The van der Waals surface area contributed by atoms with Gasteiger partial charge in [-0.3, -0.25) is 0 Å². The molecule has 0 heterocycles. The van der Waals surface area contributed by atoms with E-state index in [9.17, 15) is 0 Å². The fraction of sp³-hybridized carbons (Fsp3) is 0.368. The Morgan fingerprint density at radius 2 is 1.57 bits per heavy atom. The summed E-state index contributed by atoms with van der Waals surface area (Å²) in [7, 11) is 1.98. The molecule has 1 N–H and O–H groups in total. The molecule has 0 fully saturated rings. The lowest BCUT2D eigenvalue weighted by molar-refractivity contribution is 0.590. The summed E-state index contributed by atoms with van der Waals surface area (Å²) < 4.78 is 0. The van der Waals surface area contributed by atoms with E-state index in [-0.39, 0.29) is 5.41 Å². The zero-order valence-corrected chi connectivity index (χ0v) is 14.5. The molecule has 0 bridgehead atoms. The third kappa shape index (κ3) is 4.36. The van der Waals surface area contributed by atoms with Crippen molar-refractivity contribution < 1.29 is 0 Å². The molecule has 0 radical (unpaired) electrons. The average molecular weight is 299 g/mol. The van der Waals surface area contributed by atoms with Crippen molar-refractivity contribution in [3.8, 4) is 0 Å². The maximum atomic E-state index is 3.21. The van der Waals surface area contributed by atoms with Crippen molar-refractivity contribution in [3.05, 3.63) is 59.2 Å². The third-order valence-corrected chi connectivity index (χ3v) is 4.63. The number of nitrogens with one attached hydrogen (secondary N) is 1. The van der Waals surface area contributed by atoms with Crippen LogP contribution in [0.4, 0.5) is 0 Å². The van der Waals surface area contributed by atoms with E-state index >= 15 is 0 Å². The van der Waals surface area contributed by atoms with E-state index in [0.29, 0.717) is 0 Å². The predicted molar refractivity (Wildman–Crippen MR) is 93.2 cm³/mol. The Bertz CT molecular complexity index is 594. The Hall–Kier alpha value is -1.25. The Labute approximate surface area is 133 Å². The molecule has 0 unspecified atom stereocenters. The monoisotopic (exact) mass is 299 g/mol. The van der Waals surface area contributed by atoms with Crippen LogP contribution in [0.25, 0.3) is 0 Å². The molecule has 0 aliphatic carbocycles. The average Bonchev–Trinajstić information content (AvgIpc) is 2.42. The zero-order chi connectivity index (χ0) is 15.5. The van der Waals surface area contributed by atoms with Crippen LogP contribution in [0.2, 0.25) is 0 Å². The minimum atomic E-state index is 0.217. The van der Waals surface area contributed by atoms with E-state index in [2.05, 4.69) is 75.5 Å². The minimum Gasteiger partial charge on any atom is -0.316 e. The molecule has 0 saturated carbocycles. The van der Waals surface area contributed by atoms with Crippen LogP contribution in [-0.2, 0) is 12.0 Å². The Morgan fingerprint density at radius 3 is 2.10 bits per heavy atom. The van der Waals surface area contributed by atoms with Crippen LogP contribution >= 0.6 is 11.8 Å². The van der Waals surface area contributed by atoms with Crippen molar-refractivity contribution in [2.45, 2.75) is 49.4 Å². The summed E-state index contributed by atoms with van der Waals surface area (Å²) in [4.78, 5) is 2.60. The van der Waals surface area contributed by atoms with Crippen molar-refractivity contribution in [1.29, 1.82) is 0 Å². The SMILES string of the molecule is CNCc1ccc(Sc2ccc(C(C)(C)C)cc2)cc1C. The fourth-order valence-corrected chi connectivity index (χ4v) is 3.20. The highest BCUT2D eigenvalue weighted by Crippen LogP contribution is 2.31.